The molecule has 0 aromatic heterocycles. The fourth-order valence-electron chi connectivity index (χ4n) is 2.92. The Labute approximate surface area is 102 Å². The van der Waals surface area contributed by atoms with Gasteiger partial charge in [0.15, 0.2) is 17.7 Å². The minimum Gasteiger partial charge on any atom is -0.370 e. The van der Waals surface area contributed by atoms with E-state index < -0.39 is 11.6 Å². The average Bonchev–Trinajstić information content (AvgIpc) is 3.00. The molecule has 2 unspecified atom stereocenters. The average molecular weight is 246 g/mol. The zero-order valence-electron chi connectivity index (χ0n) is 10.9. The predicted molar refractivity (Wildman–Crippen MR) is 60.6 cm³/mol. The molecule has 0 aromatic carbocycles. The molecular formula is C12H22O5. The molecule has 2 atom stereocenters. The Morgan fingerprint density at radius 1 is 0.882 bits per heavy atom. The number of hydrogen-bond acceptors (Lipinski definition) is 5. The standard InChI is InChI=1S/C12H22O5/c1-13-10(11(14-2)6-4-8-16-11)12(15-3)7-5-9-17-12/h10H,4-9H2,1-3H3. The summed E-state index contributed by atoms with van der Waals surface area (Å²) in [5.41, 5.74) is 0. The maximum Gasteiger partial charge on any atom is 0.199 e. The van der Waals surface area contributed by atoms with Crippen LogP contribution < -0.4 is 0 Å². The number of hydrogen-bond donors (Lipinski definition) is 0. The van der Waals surface area contributed by atoms with Crippen LogP contribution in [0.4, 0.5) is 0 Å². The smallest absolute Gasteiger partial charge is 0.199 e. The molecule has 5 heteroatoms. The Balaban J connectivity index is 2.24. The third kappa shape index (κ3) is 2.11. The highest BCUT2D eigenvalue weighted by molar-refractivity contribution is 4.96. The number of rotatable bonds is 5. The van der Waals surface area contributed by atoms with Gasteiger partial charge in [-0.3, -0.25) is 0 Å². The van der Waals surface area contributed by atoms with E-state index in [2.05, 4.69) is 0 Å². The highest BCUT2D eigenvalue weighted by atomic mass is 16.8. The van der Waals surface area contributed by atoms with E-state index in [-0.39, 0.29) is 6.10 Å². The van der Waals surface area contributed by atoms with Crippen LogP contribution in [0, 0.1) is 0 Å². The number of methoxy groups -OCH3 is 3. The van der Waals surface area contributed by atoms with Gasteiger partial charge in [-0.1, -0.05) is 0 Å². The zero-order valence-corrected chi connectivity index (χ0v) is 10.9. The first kappa shape index (κ1) is 13.2. The van der Waals surface area contributed by atoms with Crippen LogP contribution in [0.1, 0.15) is 25.7 Å². The van der Waals surface area contributed by atoms with Crippen molar-refractivity contribution < 1.29 is 23.7 Å². The van der Waals surface area contributed by atoms with Gasteiger partial charge in [0.1, 0.15) is 0 Å². The first-order valence-corrected chi connectivity index (χ1v) is 6.14. The van der Waals surface area contributed by atoms with Crippen molar-refractivity contribution in [2.45, 2.75) is 43.4 Å². The summed E-state index contributed by atoms with van der Waals surface area (Å²) in [6.07, 6.45) is 3.17. The first-order chi connectivity index (χ1) is 8.23. The van der Waals surface area contributed by atoms with Crippen LogP contribution in [0.3, 0.4) is 0 Å². The van der Waals surface area contributed by atoms with Crippen LogP contribution in [0.2, 0.25) is 0 Å². The second-order valence-corrected chi connectivity index (χ2v) is 4.55. The molecule has 0 N–H and O–H groups in total. The van der Waals surface area contributed by atoms with E-state index in [4.69, 9.17) is 23.7 Å². The molecule has 0 aromatic rings. The van der Waals surface area contributed by atoms with Crippen molar-refractivity contribution in [3.05, 3.63) is 0 Å². The van der Waals surface area contributed by atoms with Crippen LogP contribution >= 0.6 is 0 Å². The molecule has 0 aliphatic carbocycles. The molecule has 5 nitrogen and oxygen atoms in total. The molecule has 0 spiro atoms. The Morgan fingerprint density at radius 2 is 1.35 bits per heavy atom. The molecule has 0 radical (unpaired) electrons. The molecular weight excluding hydrogens is 224 g/mol. The van der Waals surface area contributed by atoms with Crippen LogP contribution in [0.25, 0.3) is 0 Å². The topological polar surface area (TPSA) is 46.2 Å². The van der Waals surface area contributed by atoms with Crippen molar-refractivity contribution in [3.8, 4) is 0 Å². The summed E-state index contributed by atoms with van der Waals surface area (Å²) in [6, 6.07) is 0. The lowest BCUT2D eigenvalue weighted by molar-refractivity contribution is -0.344. The summed E-state index contributed by atoms with van der Waals surface area (Å²) in [4.78, 5) is 0. The monoisotopic (exact) mass is 246 g/mol. The van der Waals surface area contributed by atoms with Gasteiger partial charge >= 0.3 is 0 Å². The van der Waals surface area contributed by atoms with Gasteiger partial charge in [0.05, 0.1) is 13.2 Å². The molecule has 17 heavy (non-hydrogen) atoms. The van der Waals surface area contributed by atoms with E-state index in [1.54, 1.807) is 21.3 Å². The van der Waals surface area contributed by atoms with Crippen LogP contribution in [-0.2, 0) is 23.7 Å². The summed E-state index contributed by atoms with van der Waals surface area (Å²) < 4.78 is 28.3. The Bertz CT molecular complexity index is 219. The summed E-state index contributed by atoms with van der Waals surface area (Å²) in [5, 5.41) is 0. The van der Waals surface area contributed by atoms with Crippen molar-refractivity contribution >= 4 is 0 Å². The molecule has 2 fully saturated rings. The Kier molecular flexibility index (Phi) is 4.05. The van der Waals surface area contributed by atoms with Crippen molar-refractivity contribution in [3.63, 3.8) is 0 Å². The molecule has 2 rings (SSSR count). The van der Waals surface area contributed by atoms with Crippen molar-refractivity contribution in [1.29, 1.82) is 0 Å². The van der Waals surface area contributed by atoms with E-state index in [0.717, 1.165) is 25.7 Å². The molecule has 2 saturated heterocycles. The second-order valence-electron chi connectivity index (χ2n) is 4.55. The number of ether oxygens (including phenoxy) is 5. The van der Waals surface area contributed by atoms with Crippen molar-refractivity contribution in [2.75, 3.05) is 34.5 Å². The lowest BCUT2D eigenvalue weighted by Crippen LogP contribution is -2.59. The van der Waals surface area contributed by atoms with Gasteiger partial charge in [-0.2, -0.15) is 0 Å². The van der Waals surface area contributed by atoms with Crippen LogP contribution in [-0.4, -0.2) is 52.2 Å². The highest BCUT2D eigenvalue weighted by Gasteiger charge is 2.57. The third-order valence-corrected chi connectivity index (χ3v) is 3.76. The normalized spacial score (nSPS) is 39.7. The largest absolute Gasteiger partial charge is 0.370 e. The van der Waals surface area contributed by atoms with E-state index in [0.29, 0.717) is 13.2 Å². The van der Waals surface area contributed by atoms with Crippen molar-refractivity contribution in [1.82, 2.24) is 0 Å². The van der Waals surface area contributed by atoms with Crippen LogP contribution in [0.15, 0.2) is 0 Å². The van der Waals surface area contributed by atoms with E-state index >= 15 is 0 Å². The quantitative estimate of drug-likeness (QED) is 0.732. The SMILES string of the molecule is COC(C1(OC)CCCO1)C1(OC)CCCO1. The molecule has 0 saturated carbocycles. The van der Waals surface area contributed by atoms with Crippen molar-refractivity contribution in [2.24, 2.45) is 0 Å². The zero-order chi connectivity index (χ0) is 12.4. The maximum atomic E-state index is 5.77. The van der Waals surface area contributed by atoms with Gasteiger partial charge < -0.3 is 23.7 Å². The summed E-state index contributed by atoms with van der Waals surface area (Å²) in [6.45, 7) is 1.38. The minimum atomic E-state index is -0.741. The molecule has 100 valence electrons. The van der Waals surface area contributed by atoms with Gasteiger partial charge in [-0.25, -0.2) is 0 Å². The molecule has 2 heterocycles. The van der Waals surface area contributed by atoms with Gasteiger partial charge in [-0.05, 0) is 12.8 Å². The maximum absolute atomic E-state index is 5.77. The molecule has 2 aliphatic heterocycles. The van der Waals surface area contributed by atoms with Crippen LogP contribution in [0.5, 0.6) is 0 Å². The summed E-state index contributed by atoms with van der Waals surface area (Å²) >= 11 is 0. The first-order valence-electron chi connectivity index (χ1n) is 6.14. The van der Waals surface area contributed by atoms with E-state index in [1.807, 2.05) is 0 Å². The minimum absolute atomic E-state index is 0.366. The van der Waals surface area contributed by atoms with E-state index in [9.17, 15) is 0 Å². The molecule has 2 aliphatic rings. The van der Waals surface area contributed by atoms with Gasteiger partial charge in [0.2, 0.25) is 0 Å². The van der Waals surface area contributed by atoms with Gasteiger partial charge in [0.25, 0.3) is 0 Å². The Hall–Kier alpha value is -0.200. The fourth-order valence-corrected chi connectivity index (χ4v) is 2.92. The fraction of sp³-hybridized carbons (Fsp3) is 1.00. The predicted octanol–water partition coefficient (Wildman–Crippen LogP) is 1.31. The second kappa shape index (κ2) is 5.20. The summed E-state index contributed by atoms with van der Waals surface area (Å²) in [5.74, 6) is -1.48. The summed E-state index contributed by atoms with van der Waals surface area (Å²) in [7, 11) is 4.95. The molecule has 0 bridgehead atoms. The Morgan fingerprint density at radius 3 is 1.59 bits per heavy atom. The molecule has 0 amide bonds. The van der Waals surface area contributed by atoms with Gasteiger partial charge in [-0.15, -0.1) is 0 Å². The van der Waals surface area contributed by atoms with Gasteiger partial charge in [0, 0.05) is 34.2 Å². The third-order valence-electron chi connectivity index (χ3n) is 3.76. The van der Waals surface area contributed by atoms with E-state index in [1.165, 1.54) is 0 Å². The lowest BCUT2D eigenvalue weighted by atomic mass is 9.95. The highest BCUT2D eigenvalue weighted by Crippen LogP contribution is 2.42. The lowest BCUT2D eigenvalue weighted by Gasteiger charge is -2.43.